The number of furan rings is 1. The molecule has 1 N–H and O–H groups in total. The minimum atomic E-state index is -0.720. The summed E-state index contributed by atoms with van der Waals surface area (Å²) in [5.41, 5.74) is 1.94. The Bertz CT molecular complexity index is 1230. The Morgan fingerprint density at radius 2 is 1.50 bits per heavy atom. The van der Waals surface area contributed by atoms with Crippen molar-refractivity contribution in [2.75, 3.05) is 22.9 Å². The fraction of sp³-hybridized carbons (Fsp3) is 0.483. The first-order chi connectivity index (χ1) is 17.5. The molecule has 4 saturated carbocycles. The van der Waals surface area contributed by atoms with E-state index in [4.69, 9.17) is 4.42 Å². The van der Waals surface area contributed by atoms with Gasteiger partial charge in [-0.1, -0.05) is 12.1 Å². The number of carbonyl (C=O) groups excluding carboxylic acids is 3. The number of anilines is 2. The van der Waals surface area contributed by atoms with Crippen molar-refractivity contribution in [1.29, 1.82) is 0 Å². The highest BCUT2D eigenvalue weighted by Crippen LogP contribution is 2.60. The van der Waals surface area contributed by atoms with Crippen LogP contribution in [0.25, 0.3) is 6.08 Å². The van der Waals surface area contributed by atoms with E-state index in [9.17, 15) is 14.4 Å². The topological polar surface area (TPSA) is 82.9 Å². The van der Waals surface area contributed by atoms with Crippen LogP contribution in [0.15, 0.2) is 46.4 Å². The van der Waals surface area contributed by atoms with E-state index in [1.54, 1.807) is 6.07 Å². The van der Waals surface area contributed by atoms with Crippen molar-refractivity contribution in [3.63, 3.8) is 0 Å². The number of carbonyl (C=O) groups is 3. The summed E-state index contributed by atoms with van der Waals surface area (Å²) in [6, 6.07) is 10.8. The molecule has 1 aromatic carbocycles. The summed E-state index contributed by atoms with van der Waals surface area (Å²) in [7, 11) is 0. The summed E-state index contributed by atoms with van der Waals surface area (Å²) in [5, 5.41) is 2.32. The Labute approximate surface area is 210 Å². The largest absolute Gasteiger partial charge is 0.441 e. The van der Waals surface area contributed by atoms with E-state index in [-0.39, 0.29) is 11.0 Å². The predicted molar refractivity (Wildman–Crippen MR) is 135 cm³/mol. The first-order valence-electron chi connectivity index (χ1n) is 13.3. The van der Waals surface area contributed by atoms with Gasteiger partial charge >= 0.3 is 6.03 Å². The Kier molecular flexibility index (Phi) is 4.92. The molecule has 2 aromatic rings. The number of hydrogen-bond donors (Lipinski definition) is 1. The average molecular weight is 486 g/mol. The SMILES string of the molecule is O=C1NC(=O)N(c2ccc(C34CC5CC(CC(C5)C3)C4)cc2)C(=O)/C1=C/c1ccc(N2CCCC2)o1. The molecule has 36 heavy (non-hydrogen) atoms. The van der Waals surface area contributed by atoms with Gasteiger partial charge in [-0.15, -0.1) is 0 Å². The van der Waals surface area contributed by atoms with Gasteiger partial charge in [0.05, 0.1) is 5.69 Å². The van der Waals surface area contributed by atoms with Gasteiger partial charge in [-0.25, -0.2) is 9.69 Å². The molecule has 186 valence electrons. The van der Waals surface area contributed by atoms with Crippen molar-refractivity contribution in [1.82, 2.24) is 5.32 Å². The molecule has 6 fully saturated rings. The normalized spacial score (nSPS) is 32.6. The van der Waals surface area contributed by atoms with Crippen LogP contribution in [0.2, 0.25) is 0 Å². The third-order valence-corrected chi connectivity index (χ3v) is 9.19. The molecule has 4 bridgehead atoms. The minimum absolute atomic E-state index is 0.109. The van der Waals surface area contributed by atoms with Crippen molar-refractivity contribution in [3.8, 4) is 0 Å². The fourth-order valence-corrected chi connectivity index (χ4v) is 7.99. The van der Waals surface area contributed by atoms with Crippen molar-refractivity contribution in [3.05, 3.63) is 53.3 Å². The molecule has 6 aliphatic rings. The molecule has 3 heterocycles. The Morgan fingerprint density at radius 3 is 2.14 bits per heavy atom. The molecule has 0 radical (unpaired) electrons. The van der Waals surface area contributed by atoms with E-state index < -0.39 is 17.8 Å². The number of urea groups is 1. The zero-order valence-electron chi connectivity index (χ0n) is 20.4. The highest BCUT2D eigenvalue weighted by molar-refractivity contribution is 6.39. The first kappa shape index (κ1) is 21.9. The van der Waals surface area contributed by atoms with Gasteiger partial charge in [-0.05, 0) is 104 Å². The lowest BCUT2D eigenvalue weighted by molar-refractivity contribution is -0.122. The molecule has 2 saturated heterocycles. The Hall–Kier alpha value is -3.35. The van der Waals surface area contributed by atoms with Crippen molar-refractivity contribution in [2.45, 2.75) is 56.8 Å². The summed E-state index contributed by atoms with van der Waals surface area (Å²) in [5.74, 6) is 2.35. The second kappa shape index (κ2) is 8.08. The molecule has 7 heteroatoms. The van der Waals surface area contributed by atoms with Gasteiger partial charge in [-0.3, -0.25) is 14.9 Å². The highest BCUT2D eigenvalue weighted by atomic mass is 16.4. The third-order valence-electron chi connectivity index (χ3n) is 9.19. The van der Waals surface area contributed by atoms with E-state index in [2.05, 4.69) is 22.3 Å². The standard InChI is InChI=1S/C29H31N3O4/c33-26-24(14-23-7-8-25(36-23)31-9-1-2-10-31)27(34)32(28(35)30-26)22-5-3-21(4-6-22)29-15-18-11-19(16-29)13-20(12-18)17-29/h3-8,14,18-20H,1-2,9-13,15-17H2,(H,30,33,35)/b24-14+. The first-order valence-corrected chi connectivity index (χ1v) is 13.3. The number of amides is 4. The van der Waals surface area contributed by atoms with E-state index in [0.29, 0.717) is 11.4 Å². The number of benzene rings is 1. The van der Waals surface area contributed by atoms with Crippen LogP contribution in [0.5, 0.6) is 0 Å². The van der Waals surface area contributed by atoms with E-state index >= 15 is 0 Å². The van der Waals surface area contributed by atoms with Gasteiger partial charge in [0.25, 0.3) is 11.8 Å². The number of hydrogen-bond acceptors (Lipinski definition) is 5. The minimum Gasteiger partial charge on any atom is -0.441 e. The van der Waals surface area contributed by atoms with Crippen LogP contribution in [0.1, 0.15) is 62.7 Å². The highest BCUT2D eigenvalue weighted by Gasteiger charge is 2.51. The lowest BCUT2D eigenvalue weighted by Gasteiger charge is -2.57. The lowest BCUT2D eigenvalue weighted by atomic mass is 9.48. The molecule has 7 nitrogen and oxygen atoms in total. The summed E-state index contributed by atoms with van der Waals surface area (Å²) in [6.45, 7) is 1.87. The molecule has 0 unspecified atom stereocenters. The molecule has 4 amide bonds. The maximum absolute atomic E-state index is 13.3. The number of rotatable bonds is 4. The number of imide groups is 2. The summed E-state index contributed by atoms with van der Waals surface area (Å²) >= 11 is 0. The van der Waals surface area contributed by atoms with Crippen LogP contribution in [0.4, 0.5) is 16.4 Å². The zero-order valence-corrected chi connectivity index (χ0v) is 20.4. The maximum Gasteiger partial charge on any atom is 0.335 e. The molecule has 0 spiro atoms. The summed E-state index contributed by atoms with van der Waals surface area (Å²) in [4.78, 5) is 41.8. The van der Waals surface area contributed by atoms with Crippen molar-refractivity contribution >= 4 is 35.5 Å². The average Bonchev–Trinajstić information content (AvgIpc) is 3.53. The van der Waals surface area contributed by atoms with Crippen LogP contribution < -0.4 is 15.1 Å². The van der Waals surface area contributed by atoms with Crippen molar-refractivity contribution < 1.29 is 18.8 Å². The number of nitrogens with one attached hydrogen (secondary N) is 1. The monoisotopic (exact) mass is 485 g/mol. The molecule has 8 rings (SSSR count). The van der Waals surface area contributed by atoms with Crippen LogP contribution in [-0.2, 0) is 15.0 Å². The van der Waals surface area contributed by atoms with Crippen LogP contribution >= 0.6 is 0 Å². The van der Waals surface area contributed by atoms with E-state index in [1.807, 2.05) is 18.2 Å². The van der Waals surface area contributed by atoms with Gasteiger partial charge in [0.2, 0.25) is 0 Å². The Morgan fingerprint density at radius 1 is 0.861 bits per heavy atom. The molecular formula is C29H31N3O4. The smallest absolute Gasteiger partial charge is 0.335 e. The van der Waals surface area contributed by atoms with Crippen LogP contribution in [0.3, 0.4) is 0 Å². The second-order valence-corrected chi connectivity index (χ2v) is 11.6. The van der Waals surface area contributed by atoms with Gasteiger partial charge in [0.1, 0.15) is 11.3 Å². The fourth-order valence-electron chi connectivity index (χ4n) is 7.99. The predicted octanol–water partition coefficient (Wildman–Crippen LogP) is 5.01. The molecule has 0 atom stereocenters. The number of nitrogens with zero attached hydrogens (tertiary/aromatic N) is 2. The van der Waals surface area contributed by atoms with Crippen molar-refractivity contribution in [2.24, 2.45) is 17.8 Å². The Balaban J connectivity index is 1.15. The second-order valence-electron chi connectivity index (χ2n) is 11.6. The molecule has 4 aliphatic carbocycles. The van der Waals surface area contributed by atoms with Gasteiger partial charge < -0.3 is 9.32 Å². The van der Waals surface area contributed by atoms with Crippen LogP contribution in [-0.4, -0.2) is 30.9 Å². The maximum atomic E-state index is 13.3. The summed E-state index contributed by atoms with van der Waals surface area (Å²) < 4.78 is 5.88. The van der Waals surface area contributed by atoms with E-state index in [0.717, 1.165) is 54.5 Å². The van der Waals surface area contributed by atoms with Gasteiger partial charge in [0.15, 0.2) is 5.88 Å². The zero-order chi connectivity index (χ0) is 24.4. The van der Waals surface area contributed by atoms with Gasteiger partial charge in [-0.2, -0.15) is 0 Å². The number of barbiturate groups is 1. The summed E-state index contributed by atoms with van der Waals surface area (Å²) in [6.07, 6.45) is 11.6. The molecular weight excluding hydrogens is 454 g/mol. The molecule has 1 aromatic heterocycles. The van der Waals surface area contributed by atoms with Crippen LogP contribution in [0, 0.1) is 17.8 Å². The molecule has 2 aliphatic heterocycles. The quantitative estimate of drug-likeness (QED) is 0.486. The van der Waals surface area contributed by atoms with E-state index in [1.165, 1.54) is 50.2 Å². The lowest BCUT2D eigenvalue weighted by Crippen LogP contribution is -2.54. The van der Waals surface area contributed by atoms with Gasteiger partial charge in [0, 0.05) is 19.2 Å². The third kappa shape index (κ3) is 3.51.